The summed E-state index contributed by atoms with van der Waals surface area (Å²) in [5, 5.41) is 31.8. The van der Waals surface area contributed by atoms with Gasteiger partial charge >= 0.3 is 0 Å². The molecule has 0 fully saturated rings. The van der Waals surface area contributed by atoms with Gasteiger partial charge in [-0.25, -0.2) is 0 Å². The zero-order chi connectivity index (χ0) is 14.7. The molecule has 7 heteroatoms. The maximum Gasteiger partial charge on any atom is 0.282 e. The smallest absolute Gasteiger partial charge is 0.282 e. The summed E-state index contributed by atoms with van der Waals surface area (Å²) in [5.74, 6) is 0. The van der Waals surface area contributed by atoms with E-state index in [-0.39, 0.29) is 11.3 Å². The summed E-state index contributed by atoms with van der Waals surface area (Å²) in [6.45, 7) is 0. The summed E-state index contributed by atoms with van der Waals surface area (Å²) < 4.78 is 0. The van der Waals surface area contributed by atoms with Crippen molar-refractivity contribution in [3.8, 4) is 0 Å². The monoisotopic (exact) mass is 274 g/mol. The second kappa shape index (κ2) is 5.45. The van der Waals surface area contributed by atoms with Gasteiger partial charge in [-0.05, 0) is 11.6 Å². The van der Waals surface area contributed by atoms with Gasteiger partial charge in [0.2, 0.25) is 0 Å². The predicted molar refractivity (Wildman–Crippen MR) is 70.3 cm³/mol. The van der Waals surface area contributed by atoms with Gasteiger partial charge in [-0.3, -0.25) is 20.2 Å². The van der Waals surface area contributed by atoms with E-state index in [0.29, 0.717) is 5.56 Å². The maximum atomic E-state index is 11.0. The lowest BCUT2D eigenvalue weighted by Crippen LogP contribution is -2.04. The van der Waals surface area contributed by atoms with Gasteiger partial charge in [0.15, 0.2) is 0 Å². The number of aliphatic hydroxyl groups excluding tert-OH is 1. The topological polar surface area (TPSA) is 107 Å². The molecule has 0 spiro atoms. The van der Waals surface area contributed by atoms with Crippen LogP contribution in [0.2, 0.25) is 0 Å². The van der Waals surface area contributed by atoms with Crippen LogP contribution in [0.1, 0.15) is 17.2 Å². The molecule has 0 bridgehead atoms. The van der Waals surface area contributed by atoms with Crippen molar-refractivity contribution < 1.29 is 15.0 Å². The molecule has 0 aliphatic rings. The van der Waals surface area contributed by atoms with Crippen LogP contribution in [0.4, 0.5) is 11.4 Å². The number of benzene rings is 2. The number of nitro benzene ring substituents is 2. The van der Waals surface area contributed by atoms with Crippen molar-refractivity contribution in [2.24, 2.45) is 0 Å². The zero-order valence-electron chi connectivity index (χ0n) is 10.2. The van der Waals surface area contributed by atoms with E-state index >= 15 is 0 Å². The van der Waals surface area contributed by atoms with Crippen molar-refractivity contribution in [1.29, 1.82) is 0 Å². The average Bonchev–Trinajstić information content (AvgIpc) is 2.46. The van der Waals surface area contributed by atoms with Gasteiger partial charge < -0.3 is 5.11 Å². The highest BCUT2D eigenvalue weighted by atomic mass is 16.6. The fourth-order valence-electron chi connectivity index (χ4n) is 1.85. The highest BCUT2D eigenvalue weighted by Gasteiger charge is 2.24. The summed E-state index contributed by atoms with van der Waals surface area (Å²) in [5.41, 5.74) is -0.368. The first-order valence-electron chi connectivity index (χ1n) is 5.66. The third-order valence-corrected chi connectivity index (χ3v) is 2.83. The average molecular weight is 274 g/mol. The molecule has 1 unspecified atom stereocenters. The van der Waals surface area contributed by atoms with Gasteiger partial charge in [0.25, 0.3) is 11.4 Å². The number of rotatable bonds is 4. The van der Waals surface area contributed by atoms with Crippen LogP contribution in [-0.2, 0) is 0 Å². The van der Waals surface area contributed by atoms with Gasteiger partial charge in [0.05, 0.1) is 21.5 Å². The number of hydrogen-bond donors (Lipinski definition) is 1. The van der Waals surface area contributed by atoms with Crippen LogP contribution in [0.5, 0.6) is 0 Å². The van der Waals surface area contributed by atoms with E-state index in [1.165, 1.54) is 6.07 Å². The first-order valence-corrected chi connectivity index (χ1v) is 5.66. The highest BCUT2D eigenvalue weighted by molar-refractivity contribution is 5.52. The molecule has 0 aliphatic heterocycles. The van der Waals surface area contributed by atoms with Crippen LogP contribution in [-0.4, -0.2) is 15.0 Å². The molecule has 0 saturated heterocycles. The third kappa shape index (κ3) is 2.62. The lowest BCUT2D eigenvalue weighted by molar-refractivity contribution is -0.394. The molecule has 0 aromatic heterocycles. The van der Waals surface area contributed by atoms with Crippen molar-refractivity contribution in [1.82, 2.24) is 0 Å². The number of non-ortho nitro benzene ring substituents is 1. The first kappa shape index (κ1) is 13.6. The Morgan fingerprint density at radius 2 is 1.60 bits per heavy atom. The van der Waals surface area contributed by atoms with Crippen LogP contribution < -0.4 is 0 Å². The Kier molecular flexibility index (Phi) is 3.72. The Balaban J connectivity index is 2.51. The molecule has 1 atom stereocenters. The van der Waals surface area contributed by atoms with E-state index in [1.807, 2.05) is 0 Å². The van der Waals surface area contributed by atoms with E-state index in [9.17, 15) is 25.3 Å². The molecular formula is C13H10N2O5. The third-order valence-electron chi connectivity index (χ3n) is 2.83. The molecule has 2 aromatic rings. The fourth-order valence-corrected chi connectivity index (χ4v) is 1.85. The summed E-state index contributed by atoms with van der Waals surface area (Å²) in [7, 11) is 0. The van der Waals surface area contributed by atoms with Crippen molar-refractivity contribution in [2.45, 2.75) is 6.10 Å². The largest absolute Gasteiger partial charge is 0.383 e. The van der Waals surface area contributed by atoms with Gasteiger partial charge in [-0.1, -0.05) is 30.3 Å². The first-order chi connectivity index (χ1) is 9.50. The molecule has 0 heterocycles. The molecule has 20 heavy (non-hydrogen) atoms. The van der Waals surface area contributed by atoms with Gasteiger partial charge in [0, 0.05) is 6.07 Å². The summed E-state index contributed by atoms with van der Waals surface area (Å²) in [4.78, 5) is 20.2. The Morgan fingerprint density at radius 3 is 2.15 bits per heavy atom. The number of nitro groups is 2. The lowest BCUT2D eigenvalue weighted by Gasteiger charge is -2.11. The standard InChI is InChI=1S/C13H10N2O5/c16-13(9-4-2-1-3-5-9)11-7-6-10(14(17)18)8-12(11)15(19)20/h1-8,13,16H. The SMILES string of the molecule is O=[N+]([O-])c1ccc(C(O)c2ccccc2)c([N+](=O)[O-])c1. The van der Waals surface area contributed by atoms with E-state index in [1.54, 1.807) is 30.3 Å². The second-order valence-corrected chi connectivity index (χ2v) is 4.07. The molecule has 0 amide bonds. The Labute approximate surface area is 113 Å². The minimum absolute atomic E-state index is 0.0202. The number of nitrogens with zero attached hydrogens (tertiary/aromatic N) is 2. The molecule has 102 valence electrons. The van der Waals surface area contributed by atoms with Crippen molar-refractivity contribution in [2.75, 3.05) is 0 Å². The fraction of sp³-hybridized carbons (Fsp3) is 0.0769. The van der Waals surface area contributed by atoms with E-state index in [4.69, 9.17) is 0 Å². The lowest BCUT2D eigenvalue weighted by atomic mass is 9.99. The van der Waals surface area contributed by atoms with Crippen molar-refractivity contribution >= 4 is 11.4 Å². The predicted octanol–water partition coefficient (Wildman–Crippen LogP) is 2.58. The van der Waals surface area contributed by atoms with Crippen LogP contribution in [0.25, 0.3) is 0 Å². The molecule has 7 nitrogen and oxygen atoms in total. The number of aliphatic hydroxyl groups is 1. The van der Waals surface area contributed by atoms with Gasteiger partial charge in [-0.2, -0.15) is 0 Å². The molecule has 2 rings (SSSR count). The van der Waals surface area contributed by atoms with Crippen molar-refractivity contribution in [3.05, 3.63) is 79.9 Å². The van der Waals surface area contributed by atoms with Crippen LogP contribution in [0.3, 0.4) is 0 Å². The van der Waals surface area contributed by atoms with Crippen LogP contribution >= 0.6 is 0 Å². The maximum absolute atomic E-state index is 11.0. The molecule has 0 radical (unpaired) electrons. The normalized spacial score (nSPS) is 11.8. The molecular weight excluding hydrogens is 264 g/mol. The van der Waals surface area contributed by atoms with Crippen LogP contribution in [0.15, 0.2) is 48.5 Å². The summed E-state index contributed by atoms with van der Waals surface area (Å²) in [6, 6.07) is 11.6. The number of hydrogen-bond acceptors (Lipinski definition) is 5. The van der Waals surface area contributed by atoms with Crippen molar-refractivity contribution in [3.63, 3.8) is 0 Å². The molecule has 1 N–H and O–H groups in total. The summed E-state index contributed by atoms with van der Waals surface area (Å²) in [6.07, 6.45) is -1.21. The quantitative estimate of drug-likeness (QED) is 0.681. The highest BCUT2D eigenvalue weighted by Crippen LogP contribution is 2.32. The Bertz CT molecular complexity index is 657. The van der Waals surface area contributed by atoms with E-state index in [2.05, 4.69) is 0 Å². The minimum Gasteiger partial charge on any atom is -0.383 e. The summed E-state index contributed by atoms with van der Waals surface area (Å²) >= 11 is 0. The minimum atomic E-state index is -1.21. The van der Waals surface area contributed by atoms with Gasteiger partial charge in [0.1, 0.15) is 6.10 Å². The Hall–Kier alpha value is -2.80. The second-order valence-electron chi connectivity index (χ2n) is 4.07. The molecule has 2 aromatic carbocycles. The Morgan fingerprint density at radius 1 is 0.950 bits per heavy atom. The van der Waals surface area contributed by atoms with E-state index in [0.717, 1.165) is 12.1 Å². The van der Waals surface area contributed by atoms with Gasteiger partial charge in [-0.15, -0.1) is 0 Å². The van der Waals surface area contributed by atoms with E-state index < -0.39 is 21.6 Å². The molecule has 0 saturated carbocycles. The molecule has 0 aliphatic carbocycles. The zero-order valence-corrected chi connectivity index (χ0v) is 10.2. The van der Waals surface area contributed by atoms with Crippen LogP contribution in [0, 0.1) is 20.2 Å².